The summed E-state index contributed by atoms with van der Waals surface area (Å²) in [6, 6.07) is 8.20. The molecule has 1 aliphatic heterocycles. The molecule has 2 heterocycles. The first-order chi connectivity index (χ1) is 14.0. The maximum absolute atomic E-state index is 12.8. The molecule has 0 radical (unpaired) electrons. The minimum Gasteiger partial charge on any atom is -0.465 e. The van der Waals surface area contributed by atoms with E-state index in [0.717, 1.165) is 49.5 Å². The fraction of sp³-hybridized carbons (Fsp3) is 0.455. The number of nitrogens with one attached hydrogen (secondary N) is 2. The van der Waals surface area contributed by atoms with Crippen LogP contribution in [0.15, 0.2) is 24.3 Å². The number of morpholine rings is 1. The van der Waals surface area contributed by atoms with Crippen molar-refractivity contribution in [2.24, 2.45) is 0 Å². The Labute approximate surface area is 171 Å². The summed E-state index contributed by atoms with van der Waals surface area (Å²) >= 11 is 0. The predicted molar refractivity (Wildman–Crippen MR) is 112 cm³/mol. The van der Waals surface area contributed by atoms with E-state index >= 15 is 0 Å². The monoisotopic (exact) mass is 399 g/mol. The van der Waals surface area contributed by atoms with Gasteiger partial charge in [0.2, 0.25) is 0 Å². The molecule has 1 saturated heterocycles. The second-order valence-corrected chi connectivity index (χ2v) is 7.17. The molecule has 0 atom stereocenters. The Bertz CT molecular complexity index is 852. The quantitative estimate of drug-likeness (QED) is 0.700. The predicted octanol–water partition coefficient (Wildman–Crippen LogP) is 2.83. The minimum absolute atomic E-state index is 0.219. The van der Waals surface area contributed by atoms with Gasteiger partial charge in [-0.05, 0) is 36.6 Å². The number of carbonyl (C=O) groups excluding carboxylic acids is 2. The van der Waals surface area contributed by atoms with E-state index in [0.29, 0.717) is 29.9 Å². The molecule has 1 aromatic heterocycles. The lowest BCUT2D eigenvalue weighted by molar-refractivity contribution is 0.0599. The number of esters is 1. The Morgan fingerprint density at radius 1 is 1.21 bits per heavy atom. The van der Waals surface area contributed by atoms with Crippen LogP contribution in [-0.2, 0) is 22.4 Å². The molecule has 3 rings (SSSR count). The molecule has 0 spiro atoms. The third kappa shape index (κ3) is 4.79. The van der Waals surface area contributed by atoms with Crippen molar-refractivity contribution < 1.29 is 19.1 Å². The summed E-state index contributed by atoms with van der Waals surface area (Å²) in [5, 5.41) is 2.95. The molecule has 0 saturated carbocycles. The SMILES string of the molecule is CCCc1c(C(=O)NCc2ccc(N3CCOCC3)cc2)[nH]c(C)c1C(=O)OC. The van der Waals surface area contributed by atoms with E-state index in [2.05, 4.69) is 27.3 Å². The zero-order valence-corrected chi connectivity index (χ0v) is 17.3. The molecule has 2 N–H and O–H groups in total. The van der Waals surface area contributed by atoms with Crippen molar-refractivity contribution in [3.8, 4) is 0 Å². The van der Waals surface area contributed by atoms with Gasteiger partial charge < -0.3 is 24.7 Å². The zero-order chi connectivity index (χ0) is 20.8. The first-order valence-corrected chi connectivity index (χ1v) is 10.0. The number of ether oxygens (including phenoxy) is 2. The van der Waals surface area contributed by atoms with Crippen LogP contribution in [0.5, 0.6) is 0 Å². The van der Waals surface area contributed by atoms with E-state index in [-0.39, 0.29) is 5.91 Å². The number of nitrogens with zero attached hydrogens (tertiary/aromatic N) is 1. The van der Waals surface area contributed by atoms with Crippen molar-refractivity contribution >= 4 is 17.6 Å². The molecule has 156 valence electrons. The van der Waals surface area contributed by atoms with Gasteiger partial charge in [0.15, 0.2) is 0 Å². The Hall–Kier alpha value is -2.80. The van der Waals surface area contributed by atoms with Gasteiger partial charge in [0.05, 0.1) is 25.9 Å². The summed E-state index contributed by atoms with van der Waals surface area (Å²) in [5.41, 5.74) is 4.46. The fourth-order valence-electron chi connectivity index (χ4n) is 3.67. The van der Waals surface area contributed by atoms with Gasteiger partial charge in [0.25, 0.3) is 5.91 Å². The highest BCUT2D eigenvalue weighted by atomic mass is 16.5. The van der Waals surface area contributed by atoms with Gasteiger partial charge in [-0.1, -0.05) is 25.5 Å². The van der Waals surface area contributed by atoms with E-state index in [1.165, 1.54) is 7.11 Å². The topological polar surface area (TPSA) is 83.7 Å². The van der Waals surface area contributed by atoms with Crippen LogP contribution in [0.4, 0.5) is 5.69 Å². The average Bonchev–Trinajstić information content (AvgIpc) is 3.08. The summed E-state index contributed by atoms with van der Waals surface area (Å²) in [6.07, 6.45) is 1.45. The molecule has 1 aliphatic rings. The smallest absolute Gasteiger partial charge is 0.339 e. The number of aromatic amines is 1. The largest absolute Gasteiger partial charge is 0.465 e. The average molecular weight is 399 g/mol. The van der Waals surface area contributed by atoms with Crippen molar-refractivity contribution in [2.75, 3.05) is 38.3 Å². The molecule has 0 aliphatic carbocycles. The number of aromatic nitrogens is 1. The van der Waals surface area contributed by atoms with Gasteiger partial charge in [-0.2, -0.15) is 0 Å². The van der Waals surface area contributed by atoms with E-state index in [4.69, 9.17) is 9.47 Å². The highest BCUT2D eigenvalue weighted by Gasteiger charge is 2.24. The Balaban J connectivity index is 1.68. The Kier molecular flexibility index (Phi) is 6.93. The van der Waals surface area contributed by atoms with Crippen LogP contribution in [0.3, 0.4) is 0 Å². The summed E-state index contributed by atoms with van der Waals surface area (Å²) in [5.74, 6) is -0.635. The van der Waals surface area contributed by atoms with E-state index in [1.54, 1.807) is 6.92 Å². The van der Waals surface area contributed by atoms with Gasteiger partial charge >= 0.3 is 5.97 Å². The summed E-state index contributed by atoms with van der Waals surface area (Å²) in [6.45, 7) is 7.51. The maximum atomic E-state index is 12.8. The van der Waals surface area contributed by atoms with Crippen LogP contribution in [0.25, 0.3) is 0 Å². The highest BCUT2D eigenvalue weighted by Crippen LogP contribution is 2.22. The first kappa shape index (κ1) is 20.9. The molecule has 1 aromatic carbocycles. The molecule has 7 nitrogen and oxygen atoms in total. The number of aryl methyl sites for hydroxylation is 1. The molecule has 2 aromatic rings. The summed E-state index contributed by atoms with van der Waals surface area (Å²) in [7, 11) is 1.35. The van der Waals surface area contributed by atoms with Crippen LogP contribution in [0.1, 0.15) is 51.0 Å². The molecular formula is C22H29N3O4. The van der Waals surface area contributed by atoms with E-state index < -0.39 is 5.97 Å². The lowest BCUT2D eigenvalue weighted by Crippen LogP contribution is -2.36. The number of anilines is 1. The van der Waals surface area contributed by atoms with Gasteiger partial charge in [-0.15, -0.1) is 0 Å². The third-order valence-corrected chi connectivity index (χ3v) is 5.17. The molecule has 29 heavy (non-hydrogen) atoms. The molecule has 0 bridgehead atoms. The number of carbonyl (C=O) groups is 2. The van der Waals surface area contributed by atoms with Gasteiger partial charge in [0, 0.05) is 31.0 Å². The number of methoxy groups -OCH3 is 1. The van der Waals surface area contributed by atoms with Crippen LogP contribution < -0.4 is 10.2 Å². The molecule has 7 heteroatoms. The zero-order valence-electron chi connectivity index (χ0n) is 17.3. The van der Waals surface area contributed by atoms with Crippen molar-refractivity contribution in [2.45, 2.75) is 33.2 Å². The molecule has 0 unspecified atom stereocenters. The van der Waals surface area contributed by atoms with Gasteiger partial charge in [-0.25, -0.2) is 4.79 Å². The van der Waals surface area contributed by atoms with Crippen molar-refractivity contribution in [3.05, 3.63) is 52.3 Å². The number of hydrogen-bond donors (Lipinski definition) is 2. The second kappa shape index (κ2) is 9.60. The summed E-state index contributed by atoms with van der Waals surface area (Å²) in [4.78, 5) is 30.3. The Morgan fingerprint density at radius 3 is 2.52 bits per heavy atom. The van der Waals surface area contributed by atoms with Crippen molar-refractivity contribution in [1.29, 1.82) is 0 Å². The summed E-state index contributed by atoms with van der Waals surface area (Å²) < 4.78 is 10.3. The maximum Gasteiger partial charge on any atom is 0.339 e. The number of hydrogen-bond acceptors (Lipinski definition) is 5. The fourth-order valence-corrected chi connectivity index (χ4v) is 3.67. The van der Waals surface area contributed by atoms with E-state index in [1.807, 2.05) is 19.1 Å². The molecule has 1 amide bonds. The standard InChI is InChI=1S/C22H29N3O4/c1-4-5-18-19(22(27)28-3)15(2)24-20(18)21(26)23-14-16-6-8-17(9-7-16)25-10-12-29-13-11-25/h6-9,24H,4-5,10-14H2,1-3H3,(H,23,26). The van der Waals surface area contributed by atoms with Gasteiger partial charge in [-0.3, -0.25) is 4.79 Å². The lowest BCUT2D eigenvalue weighted by Gasteiger charge is -2.28. The third-order valence-electron chi connectivity index (χ3n) is 5.17. The normalized spacial score (nSPS) is 14.0. The van der Waals surface area contributed by atoms with Crippen LogP contribution in [0.2, 0.25) is 0 Å². The van der Waals surface area contributed by atoms with Crippen molar-refractivity contribution in [1.82, 2.24) is 10.3 Å². The van der Waals surface area contributed by atoms with Gasteiger partial charge in [0.1, 0.15) is 5.69 Å². The second-order valence-electron chi connectivity index (χ2n) is 7.17. The van der Waals surface area contributed by atoms with Crippen LogP contribution >= 0.6 is 0 Å². The van der Waals surface area contributed by atoms with Crippen LogP contribution in [0, 0.1) is 6.92 Å². The molecular weight excluding hydrogens is 370 g/mol. The highest BCUT2D eigenvalue weighted by molar-refractivity contribution is 6.00. The lowest BCUT2D eigenvalue weighted by atomic mass is 10.0. The van der Waals surface area contributed by atoms with Crippen LogP contribution in [-0.4, -0.2) is 50.3 Å². The number of rotatable bonds is 7. The number of benzene rings is 1. The molecule has 1 fully saturated rings. The minimum atomic E-state index is -0.417. The first-order valence-electron chi connectivity index (χ1n) is 10.0. The number of H-pyrrole nitrogens is 1. The van der Waals surface area contributed by atoms with Crippen molar-refractivity contribution in [3.63, 3.8) is 0 Å². The van der Waals surface area contributed by atoms with E-state index in [9.17, 15) is 9.59 Å². The number of amides is 1. The Morgan fingerprint density at radius 2 is 1.90 bits per heavy atom.